The molecule has 1 N–H and O–H groups in total. The van der Waals surface area contributed by atoms with Crippen molar-refractivity contribution in [2.75, 3.05) is 18.6 Å². The average Bonchev–Trinajstić information content (AvgIpc) is 3.54. The van der Waals surface area contributed by atoms with Gasteiger partial charge in [0.05, 0.1) is 26.9 Å². The Morgan fingerprint density at radius 1 is 1.35 bits per heavy atom. The topological polar surface area (TPSA) is 119 Å². The number of ether oxygens (including phenoxy) is 1. The van der Waals surface area contributed by atoms with Crippen LogP contribution in [0.25, 0.3) is 10.6 Å². The van der Waals surface area contributed by atoms with Crippen molar-refractivity contribution in [3.8, 4) is 10.6 Å². The Morgan fingerprint density at radius 2 is 2.15 bits per heavy atom. The van der Waals surface area contributed by atoms with Gasteiger partial charge in [-0.2, -0.15) is 4.72 Å². The molecule has 1 amide bonds. The molecule has 0 spiro atoms. The fraction of sp³-hybridized carbons (Fsp3) is 0.318. The minimum atomic E-state index is -4.14. The first kappa shape index (κ1) is 24.4. The molecule has 1 aliphatic heterocycles. The van der Waals surface area contributed by atoms with Crippen LogP contribution in [0.2, 0.25) is 4.34 Å². The second kappa shape index (κ2) is 9.87. The van der Waals surface area contributed by atoms with Gasteiger partial charge >= 0.3 is 5.97 Å². The molecule has 9 nitrogen and oxygen atoms in total. The van der Waals surface area contributed by atoms with Gasteiger partial charge in [0.1, 0.15) is 6.04 Å². The van der Waals surface area contributed by atoms with E-state index in [1.807, 2.05) is 0 Å². The van der Waals surface area contributed by atoms with Gasteiger partial charge < -0.3 is 14.2 Å². The van der Waals surface area contributed by atoms with Crippen LogP contribution in [0.4, 0.5) is 5.69 Å². The third-order valence-electron chi connectivity index (χ3n) is 5.48. The van der Waals surface area contributed by atoms with Crippen LogP contribution in [-0.4, -0.2) is 45.1 Å². The lowest BCUT2D eigenvalue weighted by atomic mass is 10.1. The monoisotopic (exact) mass is 523 g/mol. The van der Waals surface area contributed by atoms with E-state index in [0.29, 0.717) is 40.0 Å². The van der Waals surface area contributed by atoms with Gasteiger partial charge in [-0.05, 0) is 43.2 Å². The minimum Gasteiger partial charge on any atom is -0.468 e. The fourth-order valence-corrected chi connectivity index (χ4v) is 6.27. The largest absolute Gasteiger partial charge is 0.468 e. The number of carbonyl (C=O) groups is 2. The molecule has 0 aliphatic carbocycles. The first-order valence-electron chi connectivity index (χ1n) is 10.4. The Bertz CT molecular complexity index is 1330. The van der Waals surface area contributed by atoms with Crippen LogP contribution in [-0.2, 0) is 30.8 Å². The Hall–Kier alpha value is -2.73. The number of nitrogens with one attached hydrogen (secondary N) is 1. The Morgan fingerprint density at radius 3 is 2.79 bits per heavy atom. The van der Waals surface area contributed by atoms with Crippen LogP contribution in [0.5, 0.6) is 0 Å². The first-order chi connectivity index (χ1) is 16.2. The van der Waals surface area contributed by atoms with Gasteiger partial charge in [-0.25, -0.2) is 8.42 Å². The number of esters is 1. The normalized spacial score (nSPS) is 15.0. The van der Waals surface area contributed by atoms with Crippen LogP contribution in [0.3, 0.4) is 0 Å². The molecule has 1 saturated heterocycles. The number of halogens is 1. The summed E-state index contributed by atoms with van der Waals surface area (Å²) in [5, 5.41) is 3.96. The molecule has 3 aromatic rings. The molecular weight excluding hydrogens is 502 g/mol. The molecule has 0 unspecified atom stereocenters. The third kappa shape index (κ3) is 5.02. The van der Waals surface area contributed by atoms with Crippen molar-refractivity contribution in [1.82, 2.24) is 9.88 Å². The van der Waals surface area contributed by atoms with Gasteiger partial charge in [0.15, 0.2) is 5.76 Å². The van der Waals surface area contributed by atoms with Gasteiger partial charge in [0.25, 0.3) is 0 Å². The highest BCUT2D eigenvalue weighted by Crippen LogP contribution is 2.32. The number of nitrogens with zero attached hydrogens (tertiary/aromatic N) is 2. The minimum absolute atomic E-state index is 0.0207. The standard InChI is InChI=1S/C22H22ClN3O6S2/c1-13-16(26-10-4-7-21(26)27)5-3-6-19(13)34(29,30)25-15(22(28)31-2)11-14-12-17(32-24-14)18-8-9-20(23)33-18/h3,5-6,8-9,12,15,25H,4,7,10-11H2,1-2H3/t15-/m0/s1. The fourth-order valence-electron chi connectivity index (χ4n) is 3.84. The predicted molar refractivity (Wildman–Crippen MR) is 127 cm³/mol. The summed E-state index contributed by atoms with van der Waals surface area (Å²) in [5.74, 6) is -0.361. The van der Waals surface area contributed by atoms with Crippen molar-refractivity contribution in [3.63, 3.8) is 0 Å². The van der Waals surface area contributed by atoms with Crippen molar-refractivity contribution in [3.05, 3.63) is 52.0 Å². The number of methoxy groups -OCH3 is 1. The average molecular weight is 524 g/mol. The maximum absolute atomic E-state index is 13.3. The third-order valence-corrected chi connectivity index (χ3v) is 8.34. The number of aromatic nitrogens is 1. The smallest absolute Gasteiger partial charge is 0.324 e. The van der Waals surface area contributed by atoms with Gasteiger partial charge in [-0.15, -0.1) is 11.3 Å². The summed E-state index contributed by atoms with van der Waals surface area (Å²) in [6, 6.07) is 8.60. The Kier molecular flexibility index (Phi) is 7.08. The number of thiophene rings is 1. The van der Waals surface area contributed by atoms with E-state index < -0.39 is 22.0 Å². The molecule has 1 aromatic carbocycles. The maximum Gasteiger partial charge on any atom is 0.324 e. The zero-order valence-corrected chi connectivity index (χ0v) is 20.8. The highest BCUT2D eigenvalue weighted by molar-refractivity contribution is 7.89. The summed E-state index contributed by atoms with van der Waals surface area (Å²) in [4.78, 5) is 26.9. The molecule has 34 heavy (non-hydrogen) atoms. The number of anilines is 1. The van der Waals surface area contributed by atoms with Gasteiger partial charge in [-0.1, -0.05) is 22.8 Å². The van der Waals surface area contributed by atoms with Gasteiger partial charge in [0, 0.05) is 31.1 Å². The zero-order valence-electron chi connectivity index (χ0n) is 18.4. The molecule has 0 radical (unpaired) electrons. The number of benzene rings is 1. The van der Waals surface area contributed by atoms with Gasteiger partial charge in [0.2, 0.25) is 15.9 Å². The van der Waals surface area contributed by atoms with Crippen LogP contribution >= 0.6 is 22.9 Å². The van der Waals surface area contributed by atoms with Crippen molar-refractivity contribution < 1.29 is 27.3 Å². The lowest BCUT2D eigenvalue weighted by Crippen LogP contribution is -2.43. The zero-order chi connectivity index (χ0) is 24.5. The lowest BCUT2D eigenvalue weighted by Gasteiger charge is -2.21. The van der Waals surface area contributed by atoms with E-state index in [1.54, 1.807) is 42.2 Å². The van der Waals surface area contributed by atoms with E-state index >= 15 is 0 Å². The number of amides is 1. The predicted octanol–water partition coefficient (Wildman–Crippen LogP) is 3.55. The molecule has 180 valence electrons. The summed E-state index contributed by atoms with van der Waals surface area (Å²) in [6.07, 6.45) is 1.06. The van der Waals surface area contributed by atoms with E-state index in [-0.39, 0.29) is 17.2 Å². The number of hydrogen-bond donors (Lipinski definition) is 1. The number of carbonyl (C=O) groups excluding carboxylic acids is 2. The first-order valence-corrected chi connectivity index (χ1v) is 13.1. The second-order valence-corrected chi connectivity index (χ2v) is 11.1. The Balaban J connectivity index is 1.58. The van der Waals surface area contributed by atoms with E-state index in [2.05, 4.69) is 9.88 Å². The summed E-state index contributed by atoms with van der Waals surface area (Å²) in [5.41, 5.74) is 1.33. The molecule has 0 bridgehead atoms. The summed E-state index contributed by atoms with van der Waals surface area (Å²) in [6.45, 7) is 2.17. The van der Waals surface area contributed by atoms with Crippen LogP contribution in [0.1, 0.15) is 24.1 Å². The summed E-state index contributed by atoms with van der Waals surface area (Å²) < 4.78 is 39.7. The molecule has 2 aromatic heterocycles. The van der Waals surface area contributed by atoms with E-state index in [0.717, 1.165) is 11.3 Å². The van der Waals surface area contributed by atoms with Crippen molar-refractivity contribution in [2.24, 2.45) is 0 Å². The van der Waals surface area contributed by atoms with Crippen LogP contribution in [0, 0.1) is 6.92 Å². The molecule has 1 fully saturated rings. The van der Waals surface area contributed by atoms with Crippen molar-refractivity contribution in [2.45, 2.75) is 37.1 Å². The quantitative estimate of drug-likeness (QED) is 0.448. The molecule has 4 rings (SSSR count). The molecule has 1 atom stereocenters. The highest BCUT2D eigenvalue weighted by atomic mass is 35.5. The number of rotatable bonds is 8. The lowest BCUT2D eigenvalue weighted by molar-refractivity contribution is -0.142. The van der Waals surface area contributed by atoms with E-state index in [4.69, 9.17) is 20.9 Å². The molecule has 0 saturated carbocycles. The molecule has 3 heterocycles. The van der Waals surface area contributed by atoms with E-state index in [1.165, 1.54) is 24.5 Å². The molecule has 12 heteroatoms. The maximum atomic E-state index is 13.3. The van der Waals surface area contributed by atoms with Crippen molar-refractivity contribution in [1.29, 1.82) is 0 Å². The summed E-state index contributed by atoms with van der Waals surface area (Å²) in [7, 11) is -2.96. The van der Waals surface area contributed by atoms with Crippen LogP contribution in [0.15, 0.2) is 45.8 Å². The van der Waals surface area contributed by atoms with Crippen molar-refractivity contribution >= 4 is 50.5 Å². The highest BCUT2D eigenvalue weighted by Gasteiger charge is 2.31. The van der Waals surface area contributed by atoms with Gasteiger partial charge in [-0.3, -0.25) is 9.59 Å². The second-order valence-electron chi connectivity index (χ2n) is 7.74. The molecule has 1 aliphatic rings. The van der Waals surface area contributed by atoms with Crippen LogP contribution < -0.4 is 9.62 Å². The SMILES string of the molecule is COC(=O)[C@H](Cc1cc(-c2ccc(Cl)s2)on1)NS(=O)(=O)c1cccc(N2CCCC2=O)c1C. The summed E-state index contributed by atoms with van der Waals surface area (Å²) >= 11 is 7.27. The number of sulfonamides is 1. The Labute approximate surface area is 205 Å². The van der Waals surface area contributed by atoms with E-state index in [9.17, 15) is 18.0 Å². The number of hydrogen-bond acceptors (Lipinski definition) is 8. The molecular formula is C22H22ClN3O6S2.